The minimum Gasteiger partial charge on any atom is -0.493 e. The molecular weight excluding hydrogens is 291 g/mol. The first-order valence-corrected chi connectivity index (χ1v) is 5.97. The average Bonchev–Trinajstić information content (AvgIpc) is 2.73. The molecule has 1 aliphatic rings. The van der Waals surface area contributed by atoms with Gasteiger partial charge in [-0.15, -0.1) is 0 Å². The molecule has 0 spiro atoms. The third-order valence-corrected chi connectivity index (χ3v) is 3.89. The van der Waals surface area contributed by atoms with Gasteiger partial charge in [-0.3, -0.25) is 0 Å². The number of halogens is 2. The zero-order valence-corrected chi connectivity index (χ0v) is 10.3. The molecule has 0 saturated carbocycles. The number of rotatable bonds is 0. The van der Waals surface area contributed by atoms with E-state index < -0.39 is 11.8 Å². The van der Waals surface area contributed by atoms with Crippen LogP contribution in [0.4, 0.5) is 4.39 Å². The van der Waals surface area contributed by atoms with Gasteiger partial charge in [0.2, 0.25) is 5.88 Å². The topological polar surface area (TPSA) is 66.2 Å². The third-order valence-electron chi connectivity index (χ3n) is 3.06. The molecule has 1 aromatic heterocycles. The Morgan fingerprint density at radius 3 is 2.59 bits per heavy atom. The molecule has 0 amide bonds. The van der Waals surface area contributed by atoms with Crippen molar-refractivity contribution in [1.82, 2.24) is 9.97 Å². The zero-order chi connectivity index (χ0) is 12.2. The van der Waals surface area contributed by atoms with Crippen LogP contribution in [-0.2, 0) is 12.8 Å². The molecule has 0 saturated heterocycles. The number of aromatic hydroxyl groups is 2. The van der Waals surface area contributed by atoms with Gasteiger partial charge in [0.15, 0.2) is 5.82 Å². The van der Waals surface area contributed by atoms with E-state index in [1.165, 1.54) is 0 Å². The Morgan fingerprint density at radius 1 is 1.12 bits per heavy atom. The highest BCUT2D eigenvalue weighted by Crippen LogP contribution is 2.40. The molecule has 17 heavy (non-hydrogen) atoms. The van der Waals surface area contributed by atoms with E-state index in [0.717, 1.165) is 30.4 Å². The van der Waals surface area contributed by atoms with E-state index in [1.54, 1.807) is 0 Å². The van der Waals surface area contributed by atoms with Gasteiger partial charge in [-0.05, 0) is 46.3 Å². The van der Waals surface area contributed by atoms with E-state index in [4.69, 9.17) is 0 Å². The summed E-state index contributed by atoms with van der Waals surface area (Å²) < 4.78 is 14.4. The van der Waals surface area contributed by atoms with Crippen molar-refractivity contribution in [2.45, 2.75) is 19.3 Å². The highest BCUT2D eigenvalue weighted by atomic mass is 79.9. The van der Waals surface area contributed by atoms with E-state index in [9.17, 15) is 14.6 Å². The second kappa shape index (κ2) is 3.53. The lowest BCUT2D eigenvalue weighted by Gasteiger charge is -2.10. The van der Waals surface area contributed by atoms with Gasteiger partial charge in [-0.2, -0.15) is 9.97 Å². The molecule has 1 aliphatic carbocycles. The maximum atomic E-state index is 14.1. The third kappa shape index (κ3) is 1.40. The van der Waals surface area contributed by atoms with Crippen LogP contribution >= 0.6 is 15.9 Å². The molecule has 88 valence electrons. The van der Waals surface area contributed by atoms with Crippen molar-refractivity contribution in [3.63, 3.8) is 0 Å². The monoisotopic (exact) mass is 298 g/mol. The Bertz CT molecular complexity index is 645. The molecule has 0 unspecified atom stereocenters. The maximum absolute atomic E-state index is 14.1. The van der Waals surface area contributed by atoms with Crippen molar-refractivity contribution in [2.75, 3.05) is 0 Å². The van der Waals surface area contributed by atoms with Crippen molar-refractivity contribution in [3.8, 4) is 11.9 Å². The summed E-state index contributed by atoms with van der Waals surface area (Å²) in [4.78, 5) is 7.12. The number of benzene rings is 1. The second-order valence-corrected chi connectivity index (χ2v) is 4.80. The van der Waals surface area contributed by atoms with Gasteiger partial charge in [0.05, 0.1) is 9.86 Å². The summed E-state index contributed by atoms with van der Waals surface area (Å²) in [6.07, 6.45) is 2.43. The van der Waals surface area contributed by atoms with Crippen LogP contribution in [-0.4, -0.2) is 20.2 Å². The van der Waals surface area contributed by atoms with Crippen molar-refractivity contribution < 1.29 is 14.6 Å². The molecule has 1 aromatic carbocycles. The van der Waals surface area contributed by atoms with Crippen molar-refractivity contribution in [3.05, 3.63) is 21.4 Å². The summed E-state index contributed by atoms with van der Waals surface area (Å²) in [7, 11) is 0. The molecule has 0 atom stereocenters. The van der Waals surface area contributed by atoms with Crippen molar-refractivity contribution in [1.29, 1.82) is 0 Å². The molecule has 0 bridgehead atoms. The molecule has 0 radical (unpaired) electrons. The summed E-state index contributed by atoms with van der Waals surface area (Å²) in [5, 5.41) is 19.3. The highest BCUT2D eigenvalue weighted by molar-refractivity contribution is 9.10. The first-order chi connectivity index (χ1) is 8.09. The fraction of sp³-hybridized carbons (Fsp3) is 0.273. The lowest BCUT2D eigenvalue weighted by atomic mass is 10.0. The molecule has 4 nitrogen and oxygen atoms in total. The number of nitrogens with zero attached hydrogens (tertiary/aromatic N) is 2. The predicted octanol–water partition coefficient (Wildman–Crippen LogP) is 2.43. The standard InChI is InChI=1S/C11H8BrFN2O2/c12-7-5-3-1-2-4(5)6-9(8(7)13)14-11(17)15-10(6)16/h1-3H2,(H2,14,15,16,17). The quantitative estimate of drug-likeness (QED) is 0.784. The van der Waals surface area contributed by atoms with Crippen LogP contribution in [0.25, 0.3) is 10.9 Å². The van der Waals surface area contributed by atoms with Gasteiger partial charge in [0, 0.05) is 0 Å². The van der Waals surface area contributed by atoms with Gasteiger partial charge in [-0.1, -0.05) is 0 Å². The zero-order valence-electron chi connectivity index (χ0n) is 8.67. The Kier molecular flexibility index (Phi) is 2.22. The Morgan fingerprint density at radius 2 is 1.82 bits per heavy atom. The summed E-state index contributed by atoms with van der Waals surface area (Å²) in [6, 6.07) is -0.626. The minimum atomic E-state index is -0.626. The van der Waals surface area contributed by atoms with Crippen LogP contribution in [0.15, 0.2) is 4.47 Å². The van der Waals surface area contributed by atoms with Crippen LogP contribution in [0.5, 0.6) is 11.9 Å². The summed E-state index contributed by atoms with van der Waals surface area (Å²) in [5.74, 6) is -0.925. The number of hydrogen-bond donors (Lipinski definition) is 2. The Hall–Kier alpha value is -1.43. The van der Waals surface area contributed by atoms with E-state index >= 15 is 0 Å². The highest BCUT2D eigenvalue weighted by Gasteiger charge is 2.25. The number of aryl methyl sites for hydroxylation is 1. The first-order valence-electron chi connectivity index (χ1n) is 5.18. The molecule has 3 rings (SSSR count). The Labute approximate surface area is 104 Å². The lowest BCUT2D eigenvalue weighted by molar-refractivity contribution is 0.402. The van der Waals surface area contributed by atoms with Gasteiger partial charge in [0.25, 0.3) is 0 Å². The van der Waals surface area contributed by atoms with Crippen molar-refractivity contribution in [2.24, 2.45) is 0 Å². The predicted molar refractivity (Wildman–Crippen MR) is 62.6 cm³/mol. The maximum Gasteiger partial charge on any atom is 0.317 e. The number of fused-ring (bicyclic) bond motifs is 3. The fourth-order valence-electron chi connectivity index (χ4n) is 2.37. The van der Waals surface area contributed by atoms with E-state index in [2.05, 4.69) is 25.9 Å². The molecule has 0 fully saturated rings. The largest absolute Gasteiger partial charge is 0.493 e. The Balaban J connectivity index is 2.55. The minimum absolute atomic E-state index is 0.0393. The second-order valence-electron chi connectivity index (χ2n) is 4.01. The normalized spacial score (nSPS) is 14.2. The van der Waals surface area contributed by atoms with Crippen molar-refractivity contribution >= 4 is 26.8 Å². The molecule has 1 heterocycles. The molecule has 2 aromatic rings. The molecule has 2 N–H and O–H groups in total. The summed E-state index contributed by atoms with van der Waals surface area (Å²) in [5.41, 5.74) is 1.69. The van der Waals surface area contributed by atoms with Crippen LogP contribution in [0.3, 0.4) is 0 Å². The number of hydrogen-bond acceptors (Lipinski definition) is 4. The van der Waals surface area contributed by atoms with Gasteiger partial charge >= 0.3 is 6.01 Å². The first kappa shape index (κ1) is 10.7. The van der Waals surface area contributed by atoms with Crippen LogP contribution in [0.2, 0.25) is 0 Å². The van der Waals surface area contributed by atoms with E-state index in [1.807, 2.05) is 0 Å². The molecule has 0 aliphatic heterocycles. The van der Waals surface area contributed by atoms with Gasteiger partial charge in [-0.25, -0.2) is 4.39 Å². The lowest BCUT2D eigenvalue weighted by Crippen LogP contribution is -1.97. The van der Waals surface area contributed by atoms with Crippen LogP contribution in [0.1, 0.15) is 17.5 Å². The number of aromatic nitrogens is 2. The summed E-state index contributed by atoms with van der Waals surface area (Å²) in [6.45, 7) is 0. The van der Waals surface area contributed by atoms with Gasteiger partial charge in [0.1, 0.15) is 5.52 Å². The summed E-state index contributed by atoms with van der Waals surface area (Å²) >= 11 is 3.20. The van der Waals surface area contributed by atoms with Gasteiger partial charge < -0.3 is 10.2 Å². The SMILES string of the molecule is Oc1nc(O)c2c3c(c(Br)c(F)c2n1)CCC3. The molecular formula is C11H8BrFN2O2. The average molecular weight is 299 g/mol. The van der Waals surface area contributed by atoms with E-state index in [-0.39, 0.29) is 11.4 Å². The van der Waals surface area contributed by atoms with E-state index in [0.29, 0.717) is 9.86 Å². The smallest absolute Gasteiger partial charge is 0.317 e. The van der Waals surface area contributed by atoms with Crippen LogP contribution in [0, 0.1) is 5.82 Å². The fourth-order valence-corrected chi connectivity index (χ4v) is 3.00. The van der Waals surface area contributed by atoms with Crippen LogP contribution < -0.4 is 0 Å². The molecule has 6 heteroatoms.